The molecule has 0 unspecified atom stereocenters. The van der Waals surface area contributed by atoms with Gasteiger partial charge in [0.05, 0.1) is 31.3 Å². The summed E-state index contributed by atoms with van der Waals surface area (Å²) in [5, 5.41) is 55.6. The normalized spacial score (nSPS) is 37.0. The largest absolute Gasteiger partial charge is 0.467 e. The number of amides is 1. The zero-order chi connectivity index (χ0) is 34.0. The van der Waals surface area contributed by atoms with E-state index in [-0.39, 0.29) is 32.0 Å². The maximum absolute atomic E-state index is 12.7. The Morgan fingerprint density at radius 2 is 1.89 bits per heavy atom. The van der Waals surface area contributed by atoms with Gasteiger partial charge in [-0.3, -0.25) is 4.79 Å². The first-order valence-corrected chi connectivity index (χ1v) is 15.4. The summed E-state index contributed by atoms with van der Waals surface area (Å²) in [5.41, 5.74) is 27.3. The van der Waals surface area contributed by atoms with Crippen molar-refractivity contribution in [1.82, 2.24) is 16.0 Å². The fourth-order valence-corrected chi connectivity index (χ4v) is 5.68. The Morgan fingerprint density at radius 1 is 1.17 bits per heavy atom. The van der Waals surface area contributed by atoms with Crippen LogP contribution in [0.2, 0.25) is 0 Å². The number of ether oxygens (including phenoxy) is 4. The maximum Gasteiger partial charge on any atom is 0.249 e. The number of aliphatic hydroxyl groups excluding tert-OH is 3. The monoisotopic (exact) mass is 663 g/mol. The van der Waals surface area contributed by atoms with E-state index in [1.807, 2.05) is 6.08 Å². The fourth-order valence-electron chi connectivity index (χ4n) is 5.68. The minimum atomic E-state index is -1.47. The number of carbonyl (C=O) groups excluding carboxylic acids is 1. The van der Waals surface area contributed by atoms with Gasteiger partial charge in [0.25, 0.3) is 0 Å². The van der Waals surface area contributed by atoms with Crippen LogP contribution in [0.25, 0.3) is 0 Å². The van der Waals surface area contributed by atoms with Gasteiger partial charge in [0.15, 0.2) is 6.29 Å². The van der Waals surface area contributed by atoms with E-state index in [0.717, 1.165) is 0 Å². The Bertz CT molecular complexity index is 1020. The standard InChI is InChI=1S/C27H53N9O10/c1-27(41)12-42-25(19(39)22(27)33-2)46-21-16(35-23(40)17(37)6-7-28)10-15(30)20(18(21)38)45-24-14(29)5-4-13(44-24)11-34-8-3-9-43-36-26(31)32/h4,14-22,24-25,33-34,37-39,41H,3,5-12,28-30H2,1-2H3,(H,35,40)(H4,31,32,36)/t14-,15+,16-,17+,18+,19-,20-,21+,22-,24-,25-,27+/m1/s1. The first-order valence-electron chi connectivity index (χ1n) is 15.4. The predicted octanol–water partition coefficient (Wildman–Crippen LogP) is -5.76. The molecule has 1 saturated heterocycles. The van der Waals surface area contributed by atoms with E-state index in [1.165, 1.54) is 6.92 Å². The Labute approximate surface area is 268 Å². The highest BCUT2D eigenvalue weighted by Gasteiger charge is 2.52. The van der Waals surface area contributed by atoms with Gasteiger partial charge in [-0.05, 0) is 64.0 Å². The average molecular weight is 664 g/mol. The number of nitrogens with one attached hydrogen (secondary N) is 3. The third-order valence-electron chi connectivity index (χ3n) is 8.11. The van der Waals surface area contributed by atoms with E-state index in [0.29, 0.717) is 38.3 Å². The molecule has 2 aliphatic heterocycles. The molecule has 17 N–H and O–H groups in total. The molecule has 3 aliphatic rings. The summed E-state index contributed by atoms with van der Waals surface area (Å²) in [6, 6.07) is -3.17. The van der Waals surface area contributed by atoms with Gasteiger partial charge in [-0.2, -0.15) is 0 Å². The molecular formula is C27H53N9O10. The Balaban J connectivity index is 1.69. The van der Waals surface area contributed by atoms with Gasteiger partial charge in [-0.1, -0.05) is 0 Å². The molecule has 266 valence electrons. The van der Waals surface area contributed by atoms with Gasteiger partial charge in [0.2, 0.25) is 18.2 Å². The van der Waals surface area contributed by atoms with Crippen LogP contribution in [0.15, 0.2) is 17.0 Å². The quantitative estimate of drug-likeness (QED) is 0.0317. The number of rotatable bonds is 16. The molecule has 0 radical (unpaired) electrons. The van der Waals surface area contributed by atoms with Crippen LogP contribution >= 0.6 is 0 Å². The van der Waals surface area contributed by atoms with Crippen LogP contribution in [0.3, 0.4) is 0 Å². The number of carbonyl (C=O) groups is 1. The van der Waals surface area contributed by atoms with E-state index in [9.17, 15) is 25.2 Å². The van der Waals surface area contributed by atoms with Crippen molar-refractivity contribution in [2.75, 3.05) is 39.9 Å². The number of guanidine groups is 1. The lowest BCUT2D eigenvalue weighted by molar-refractivity contribution is -0.304. The molecule has 2 fully saturated rings. The molecule has 1 amide bonds. The number of nitrogens with zero attached hydrogens (tertiary/aromatic N) is 1. The number of nitrogens with two attached hydrogens (primary N) is 5. The van der Waals surface area contributed by atoms with Crippen LogP contribution in [-0.2, 0) is 28.6 Å². The molecule has 0 aromatic rings. The van der Waals surface area contributed by atoms with E-state index < -0.39 is 78.8 Å². The number of hydrogen-bond acceptors (Lipinski definition) is 16. The Morgan fingerprint density at radius 3 is 2.57 bits per heavy atom. The second-order valence-electron chi connectivity index (χ2n) is 12.0. The van der Waals surface area contributed by atoms with Gasteiger partial charge in [0, 0.05) is 6.04 Å². The van der Waals surface area contributed by atoms with Crippen LogP contribution in [0.5, 0.6) is 0 Å². The molecule has 1 aliphatic carbocycles. The Kier molecular flexibility index (Phi) is 14.6. The SMILES string of the molecule is CN[C@@H]1[C@@H](O)[C@@H](O[C@@H]2[C@@H](O)[C@H](O[C@H]3OC(CNCCCON=C(N)N)=CC[C@H]3N)[C@@H](N)C[C@H]2NC(=O)[C@@H](O)CCN)OC[C@]1(C)O. The number of hydrogen-bond donors (Lipinski definition) is 12. The maximum atomic E-state index is 12.7. The van der Waals surface area contributed by atoms with Crippen molar-refractivity contribution in [3.8, 4) is 0 Å². The number of likely N-dealkylation sites (N-methyl/N-ethyl adjacent to an activating group) is 1. The third-order valence-corrected chi connectivity index (χ3v) is 8.11. The van der Waals surface area contributed by atoms with Crippen molar-refractivity contribution in [2.45, 2.75) is 105 Å². The van der Waals surface area contributed by atoms with Gasteiger partial charge in [-0.25, -0.2) is 0 Å². The minimum Gasteiger partial charge on any atom is -0.467 e. The molecule has 2 heterocycles. The second-order valence-corrected chi connectivity index (χ2v) is 12.0. The van der Waals surface area contributed by atoms with Crippen LogP contribution < -0.4 is 44.6 Å². The van der Waals surface area contributed by atoms with Gasteiger partial charge >= 0.3 is 0 Å². The highest BCUT2D eigenvalue weighted by molar-refractivity contribution is 5.80. The van der Waals surface area contributed by atoms with Crippen molar-refractivity contribution in [3.63, 3.8) is 0 Å². The van der Waals surface area contributed by atoms with Crippen molar-refractivity contribution in [2.24, 2.45) is 33.8 Å². The van der Waals surface area contributed by atoms with Crippen molar-refractivity contribution < 1.29 is 49.0 Å². The molecule has 19 nitrogen and oxygen atoms in total. The molecule has 0 bridgehead atoms. The molecule has 12 atom stereocenters. The topological polar surface area (TPSA) is 323 Å². The van der Waals surface area contributed by atoms with Crippen LogP contribution in [0, 0.1) is 0 Å². The van der Waals surface area contributed by atoms with Crippen molar-refractivity contribution in [1.29, 1.82) is 0 Å². The van der Waals surface area contributed by atoms with Gasteiger partial charge < -0.3 is 88.8 Å². The van der Waals surface area contributed by atoms with E-state index in [2.05, 4.69) is 21.1 Å². The molecule has 0 aromatic heterocycles. The predicted molar refractivity (Wildman–Crippen MR) is 164 cm³/mol. The summed E-state index contributed by atoms with van der Waals surface area (Å²) in [7, 11) is 1.57. The summed E-state index contributed by atoms with van der Waals surface area (Å²) in [6.45, 7) is 2.65. The number of oxime groups is 1. The Hall–Kier alpha value is -2.40. The number of aliphatic hydroxyl groups is 4. The van der Waals surface area contributed by atoms with Crippen LogP contribution in [0.1, 0.15) is 32.6 Å². The van der Waals surface area contributed by atoms with Crippen LogP contribution in [-0.4, -0.2) is 145 Å². The fraction of sp³-hybridized carbons (Fsp3) is 0.852. The molecule has 1 saturated carbocycles. The summed E-state index contributed by atoms with van der Waals surface area (Å²) in [4.78, 5) is 17.7. The zero-order valence-electron chi connectivity index (χ0n) is 26.4. The van der Waals surface area contributed by atoms with Crippen molar-refractivity contribution >= 4 is 11.9 Å². The molecule has 0 aromatic carbocycles. The van der Waals surface area contributed by atoms with Crippen molar-refractivity contribution in [3.05, 3.63) is 11.8 Å². The molecule has 0 spiro atoms. The van der Waals surface area contributed by atoms with E-state index in [4.69, 9.17) is 52.5 Å². The highest BCUT2D eigenvalue weighted by atomic mass is 16.7. The third kappa shape index (κ3) is 10.3. The minimum absolute atomic E-state index is 0.0150. The first-order chi connectivity index (χ1) is 21.8. The molecule has 3 rings (SSSR count). The lowest BCUT2D eigenvalue weighted by atomic mass is 9.83. The summed E-state index contributed by atoms with van der Waals surface area (Å²) in [5.74, 6) is -0.312. The summed E-state index contributed by atoms with van der Waals surface area (Å²) >= 11 is 0. The second kappa shape index (κ2) is 17.7. The smallest absolute Gasteiger partial charge is 0.249 e. The summed E-state index contributed by atoms with van der Waals surface area (Å²) < 4.78 is 23.9. The summed E-state index contributed by atoms with van der Waals surface area (Å²) in [6.07, 6.45) is -5.85. The average Bonchev–Trinajstić information content (AvgIpc) is 2.99. The van der Waals surface area contributed by atoms with E-state index >= 15 is 0 Å². The molecular weight excluding hydrogens is 610 g/mol. The van der Waals surface area contributed by atoms with Crippen LogP contribution in [0.4, 0.5) is 0 Å². The van der Waals surface area contributed by atoms with Gasteiger partial charge in [0.1, 0.15) is 48.5 Å². The van der Waals surface area contributed by atoms with E-state index in [1.54, 1.807) is 7.05 Å². The highest BCUT2D eigenvalue weighted by Crippen LogP contribution is 2.32. The molecule has 19 heteroatoms. The van der Waals surface area contributed by atoms with Gasteiger partial charge in [-0.15, -0.1) is 0 Å². The first kappa shape index (κ1) is 38.1. The zero-order valence-corrected chi connectivity index (χ0v) is 26.4. The lowest BCUT2D eigenvalue weighted by Gasteiger charge is -2.48. The molecule has 46 heavy (non-hydrogen) atoms. The lowest BCUT2D eigenvalue weighted by Crippen LogP contribution is -2.69.